The fourth-order valence-electron chi connectivity index (χ4n) is 3.44. The third kappa shape index (κ3) is 5.94. The van der Waals surface area contributed by atoms with Crippen molar-refractivity contribution < 1.29 is 28.6 Å². The minimum Gasteiger partial charge on any atom is -0.462 e. The summed E-state index contributed by atoms with van der Waals surface area (Å²) < 4.78 is 16.5. The highest BCUT2D eigenvalue weighted by atomic mass is 16.6. The first-order chi connectivity index (χ1) is 12.5. The van der Waals surface area contributed by atoms with Crippen molar-refractivity contribution in [3.05, 3.63) is 0 Å². The summed E-state index contributed by atoms with van der Waals surface area (Å²) in [7, 11) is 0. The smallest absolute Gasteiger partial charge is 0.347 e. The molecule has 2 aliphatic rings. The number of cyclic esters (lactones) is 1. The van der Waals surface area contributed by atoms with E-state index in [-0.39, 0.29) is 24.0 Å². The number of esters is 3. The van der Waals surface area contributed by atoms with Crippen molar-refractivity contribution in [2.45, 2.75) is 104 Å². The standard InChI is InChI=1S/C21H34O6/c1-6-20(2,3)19(24)25-15-11-9-14(10-12-15)17(22)26-16-8-7-13-21(4,5)27-18(16)23/h14-16H,6-13H2,1-5H3. The van der Waals surface area contributed by atoms with Crippen LogP contribution in [-0.4, -0.2) is 35.7 Å². The Hall–Kier alpha value is -1.59. The molecule has 0 radical (unpaired) electrons. The number of carbonyl (C=O) groups is 3. The second kappa shape index (κ2) is 8.61. The lowest BCUT2D eigenvalue weighted by Crippen LogP contribution is -2.36. The molecule has 1 aliphatic carbocycles. The van der Waals surface area contributed by atoms with E-state index >= 15 is 0 Å². The molecule has 2 fully saturated rings. The molecule has 1 unspecified atom stereocenters. The van der Waals surface area contributed by atoms with Crippen LogP contribution in [0.25, 0.3) is 0 Å². The van der Waals surface area contributed by atoms with E-state index in [4.69, 9.17) is 14.2 Å². The highest BCUT2D eigenvalue weighted by Crippen LogP contribution is 2.31. The number of ether oxygens (including phenoxy) is 3. The average Bonchev–Trinajstić information content (AvgIpc) is 2.72. The van der Waals surface area contributed by atoms with Crippen molar-refractivity contribution in [3.8, 4) is 0 Å². The topological polar surface area (TPSA) is 78.9 Å². The van der Waals surface area contributed by atoms with Crippen molar-refractivity contribution in [1.29, 1.82) is 0 Å². The maximum absolute atomic E-state index is 12.5. The van der Waals surface area contributed by atoms with Gasteiger partial charge in [-0.25, -0.2) is 4.79 Å². The predicted molar refractivity (Wildman–Crippen MR) is 99.8 cm³/mol. The van der Waals surface area contributed by atoms with Crippen LogP contribution in [0, 0.1) is 11.3 Å². The van der Waals surface area contributed by atoms with Crippen LogP contribution in [0.2, 0.25) is 0 Å². The molecular weight excluding hydrogens is 348 g/mol. The van der Waals surface area contributed by atoms with Gasteiger partial charge in [-0.3, -0.25) is 9.59 Å². The molecule has 2 rings (SSSR count). The molecular formula is C21H34O6. The van der Waals surface area contributed by atoms with Gasteiger partial charge < -0.3 is 14.2 Å². The third-order valence-corrected chi connectivity index (χ3v) is 5.86. The summed E-state index contributed by atoms with van der Waals surface area (Å²) in [6.45, 7) is 9.47. The summed E-state index contributed by atoms with van der Waals surface area (Å²) in [4.78, 5) is 36.9. The Bertz CT molecular complexity index is 557. The summed E-state index contributed by atoms with van der Waals surface area (Å²) in [5.41, 5.74) is -0.990. The largest absolute Gasteiger partial charge is 0.462 e. The van der Waals surface area contributed by atoms with Gasteiger partial charge in [0, 0.05) is 0 Å². The van der Waals surface area contributed by atoms with Crippen LogP contribution in [-0.2, 0) is 28.6 Å². The van der Waals surface area contributed by atoms with Crippen LogP contribution in [0.15, 0.2) is 0 Å². The first-order valence-electron chi connectivity index (χ1n) is 10.2. The Morgan fingerprint density at radius 1 is 1.11 bits per heavy atom. The lowest BCUT2D eigenvalue weighted by Gasteiger charge is -2.30. The van der Waals surface area contributed by atoms with Gasteiger partial charge in [-0.2, -0.15) is 0 Å². The number of rotatable bonds is 5. The predicted octanol–water partition coefficient (Wildman–Crippen LogP) is 3.94. The van der Waals surface area contributed by atoms with Crippen molar-refractivity contribution in [1.82, 2.24) is 0 Å². The molecule has 0 aromatic rings. The summed E-state index contributed by atoms with van der Waals surface area (Å²) in [5.74, 6) is -1.21. The quantitative estimate of drug-likeness (QED) is 0.529. The van der Waals surface area contributed by atoms with E-state index in [1.165, 1.54) is 0 Å². The highest BCUT2D eigenvalue weighted by molar-refractivity contribution is 5.81. The molecule has 6 nitrogen and oxygen atoms in total. The number of hydrogen-bond donors (Lipinski definition) is 0. The third-order valence-electron chi connectivity index (χ3n) is 5.86. The number of hydrogen-bond acceptors (Lipinski definition) is 6. The SMILES string of the molecule is CCC(C)(C)C(=O)OC1CCC(C(=O)OC2CCCC(C)(C)OC2=O)CC1. The summed E-state index contributed by atoms with van der Waals surface area (Å²) in [6.07, 6.45) is 4.34. The molecule has 6 heteroatoms. The fraction of sp³-hybridized carbons (Fsp3) is 0.857. The fourth-order valence-corrected chi connectivity index (χ4v) is 3.44. The summed E-state index contributed by atoms with van der Waals surface area (Å²) in [6, 6.07) is 0. The van der Waals surface area contributed by atoms with E-state index in [9.17, 15) is 14.4 Å². The molecule has 0 amide bonds. The maximum Gasteiger partial charge on any atom is 0.347 e. The van der Waals surface area contributed by atoms with Gasteiger partial charge in [0.25, 0.3) is 0 Å². The maximum atomic E-state index is 12.5. The Balaban J connectivity index is 1.81. The van der Waals surface area contributed by atoms with Gasteiger partial charge in [0.05, 0.1) is 11.3 Å². The molecule has 1 heterocycles. The van der Waals surface area contributed by atoms with Gasteiger partial charge in [0.15, 0.2) is 6.10 Å². The highest BCUT2D eigenvalue weighted by Gasteiger charge is 2.37. The second-order valence-corrected chi connectivity index (χ2v) is 9.11. The molecule has 1 atom stereocenters. The lowest BCUT2D eigenvalue weighted by molar-refractivity contribution is -0.177. The van der Waals surface area contributed by atoms with Gasteiger partial charge in [-0.05, 0) is 79.1 Å². The lowest BCUT2D eigenvalue weighted by atomic mass is 9.86. The van der Waals surface area contributed by atoms with Crippen LogP contribution < -0.4 is 0 Å². The van der Waals surface area contributed by atoms with Crippen LogP contribution in [0.4, 0.5) is 0 Å². The van der Waals surface area contributed by atoms with E-state index in [2.05, 4.69) is 0 Å². The van der Waals surface area contributed by atoms with E-state index in [0.29, 0.717) is 32.1 Å². The Labute approximate surface area is 162 Å². The zero-order valence-corrected chi connectivity index (χ0v) is 17.3. The van der Waals surface area contributed by atoms with Gasteiger partial charge in [0.2, 0.25) is 0 Å². The van der Waals surface area contributed by atoms with E-state index < -0.39 is 23.1 Å². The van der Waals surface area contributed by atoms with Crippen molar-refractivity contribution >= 4 is 17.9 Å². The number of carbonyl (C=O) groups excluding carboxylic acids is 3. The molecule has 1 saturated heterocycles. The van der Waals surface area contributed by atoms with Crippen LogP contribution in [0.5, 0.6) is 0 Å². The van der Waals surface area contributed by atoms with Crippen LogP contribution in [0.1, 0.15) is 86.0 Å². The molecule has 27 heavy (non-hydrogen) atoms. The van der Waals surface area contributed by atoms with Crippen molar-refractivity contribution in [3.63, 3.8) is 0 Å². The van der Waals surface area contributed by atoms with E-state index in [0.717, 1.165) is 19.3 Å². The van der Waals surface area contributed by atoms with E-state index in [1.807, 2.05) is 34.6 Å². The normalized spacial score (nSPS) is 28.6. The van der Waals surface area contributed by atoms with E-state index in [1.54, 1.807) is 0 Å². The molecule has 154 valence electrons. The first kappa shape index (κ1) is 21.7. The average molecular weight is 382 g/mol. The van der Waals surface area contributed by atoms with Gasteiger partial charge in [-0.15, -0.1) is 0 Å². The first-order valence-corrected chi connectivity index (χ1v) is 10.2. The molecule has 0 spiro atoms. The zero-order chi connectivity index (χ0) is 20.2. The Morgan fingerprint density at radius 3 is 2.33 bits per heavy atom. The molecule has 0 N–H and O–H groups in total. The molecule has 0 aromatic heterocycles. The minimum atomic E-state index is -0.805. The Morgan fingerprint density at radius 2 is 1.74 bits per heavy atom. The Kier molecular flexibility index (Phi) is 6.92. The molecule has 0 bridgehead atoms. The van der Waals surface area contributed by atoms with Crippen LogP contribution >= 0.6 is 0 Å². The van der Waals surface area contributed by atoms with Crippen molar-refractivity contribution in [2.24, 2.45) is 11.3 Å². The van der Waals surface area contributed by atoms with Crippen molar-refractivity contribution in [2.75, 3.05) is 0 Å². The summed E-state index contributed by atoms with van der Waals surface area (Å²) >= 11 is 0. The van der Waals surface area contributed by atoms with Gasteiger partial charge >= 0.3 is 17.9 Å². The monoisotopic (exact) mass is 382 g/mol. The van der Waals surface area contributed by atoms with Crippen LogP contribution in [0.3, 0.4) is 0 Å². The minimum absolute atomic E-state index is 0.143. The second-order valence-electron chi connectivity index (χ2n) is 9.11. The van der Waals surface area contributed by atoms with Gasteiger partial charge in [0.1, 0.15) is 11.7 Å². The van der Waals surface area contributed by atoms with Gasteiger partial charge in [-0.1, -0.05) is 6.92 Å². The molecule has 0 aromatic carbocycles. The molecule has 1 aliphatic heterocycles. The summed E-state index contributed by atoms with van der Waals surface area (Å²) in [5, 5.41) is 0. The molecule has 1 saturated carbocycles. The zero-order valence-electron chi connectivity index (χ0n) is 17.3.